The zero-order chi connectivity index (χ0) is 30.0. The van der Waals surface area contributed by atoms with Crippen LogP contribution in [0.2, 0.25) is 0 Å². The van der Waals surface area contributed by atoms with Gasteiger partial charge in [0.15, 0.2) is 5.71 Å². The number of hydrogen-bond acceptors (Lipinski definition) is 12. The van der Waals surface area contributed by atoms with E-state index in [1.165, 1.54) is 63.4 Å². The van der Waals surface area contributed by atoms with Crippen molar-refractivity contribution >= 4 is 62.9 Å². The number of carboxylic acids is 1. The molecular formula is C25H22BrN7O7S2. The lowest BCUT2D eigenvalue weighted by atomic mass is 10.0. The zero-order valence-electron chi connectivity index (χ0n) is 21.7. The van der Waals surface area contributed by atoms with Crippen LogP contribution in [0.15, 0.2) is 68.5 Å². The Morgan fingerprint density at radius 2 is 2.00 bits per heavy atom. The number of carbonyl (C=O) groups excluding carboxylic acids is 2. The summed E-state index contributed by atoms with van der Waals surface area (Å²) in [6, 6.07) is 9.50. The average molecular weight is 677 g/mol. The van der Waals surface area contributed by atoms with Crippen LogP contribution in [0.5, 0.6) is 11.5 Å². The number of thioether (sulfide) groups is 2. The molecule has 2 aromatic carbocycles. The van der Waals surface area contributed by atoms with Crippen molar-refractivity contribution < 1.29 is 34.5 Å². The van der Waals surface area contributed by atoms with Crippen LogP contribution in [-0.4, -0.2) is 86.8 Å². The molecule has 1 aromatic heterocycles. The maximum atomic E-state index is 13.4. The van der Waals surface area contributed by atoms with Crippen molar-refractivity contribution in [3.05, 3.63) is 69.3 Å². The van der Waals surface area contributed by atoms with Gasteiger partial charge in [-0.2, -0.15) is 0 Å². The van der Waals surface area contributed by atoms with Crippen LogP contribution < -0.4 is 5.32 Å². The lowest BCUT2D eigenvalue weighted by Gasteiger charge is -2.49. The summed E-state index contributed by atoms with van der Waals surface area (Å²) in [7, 11) is 1.67. The van der Waals surface area contributed by atoms with Crippen LogP contribution in [0.25, 0.3) is 0 Å². The largest absolute Gasteiger partial charge is 0.508 e. The van der Waals surface area contributed by atoms with Gasteiger partial charge in [-0.05, 0) is 73.9 Å². The number of aromatic hydroxyl groups is 2. The third-order valence-corrected chi connectivity index (χ3v) is 9.35. The minimum Gasteiger partial charge on any atom is -0.508 e. The van der Waals surface area contributed by atoms with Crippen molar-refractivity contribution in [2.24, 2.45) is 12.2 Å². The number of oxime groups is 1. The summed E-state index contributed by atoms with van der Waals surface area (Å²) in [5, 5.41) is 47.2. The fraction of sp³-hybridized carbons (Fsp3) is 0.240. The van der Waals surface area contributed by atoms with Gasteiger partial charge in [-0.25, -0.2) is 9.48 Å². The van der Waals surface area contributed by atoms with Crippen molar-refractivity contribution in [1.82, 2.24) is 30.4 Å². The maximum Gasteiger partial charge on any atom is 0.352 e. The molecule has 42 heavy (non-hydrogen) atoms. The first-order chi connectivity index (χ1) is 20.1. The Labute approximate surface area is 254 Å². The lowest BCUT2D eigenvalue weighted by Crippen LogP contribution is -2.71. The van der Waals surface area contributed by atoms with Crippen molar-refractivity contribution in [3.8, 4) is 11.5 Å². The topological polar surface area (TPSA) is 192 Å². The number of rotatable bonds is 10. The highest BCUT2D eigenvalue weighted by Gasteiger charge is 2.54. The SMILES string of the molecule is Cn1nnnc1SCC1=C(C(=O)O)N2C(=O)C(NC(=O)C(=NOCc3ccc(Br)c(O)c3)c3ccc(O)cc3)[C@@H]2SC1. The number of fused-ring (bicyclic) bond motifs is 1. The molecule has 3 aromatic rings. The van der Waals surface area contributed by atoms with E-state index in [1.807, 2.05) is 0 Å². The van der Waals surface area contributed by atoms with Crippen LogP contribution in [0.3, 0.4) is 0 Å². The van der Waals surface area contributed by atoms with E-state index >= 15 is 0 Å². The number of nitrogens with zero attached hydrogens (tertiary/aromatic N) is 6. The van der Waals surface area contributed by atoms with Gasteiger partial charge in [-0.1, -0.05) is 23.0 Å². The Bertz CT molecular complexity index is 1610. The number of aliphatic carboxylic acids is 1. The number of halogens is 1. The Hall–Kier alpha value is -4.09. The molecule has 0 spiro atoms. The van der Waals surface area contributed by atoms with Gasteiger partial charge in [0.05, 0.1) is 4.47 Å². The van der Waals surface area contributed by atoms with E-state index in [4.69, 9.17) is 4.84 Å². The molecule has 0 bridgehead atoms. The van der Waals surface area contributed by atoms with Crippen LogP contribution in [-0.2, 0) is 32.9 Å². The number of carboxylic acid groups (broad SMARTS) is 1. The molecule has 2 aliphatic heterocycles. The molecule has 3 heterocycles. The summed E-state index contributed by atoms with van der Waals surface area (Å²) in [5.74, 6) is -1.97. The third-order valence-electron chi connectivity index (χ3n) is 6.25. The summed E-state index contributed by atoms with van der Waals surface area (Å²) in [6.07, 6.45) is 0. The summed E-state index contributed by atoms with van der Waals surface area (Å²) < 4.78 is 1.97. The van der Waals surface area contributed by atoms with Gasteiger partial charge >= 0.3 is 5.97 Å². The molecule has 2 amide bonds. The van der Waals surface area contributed by atoms with Crippen molar-refractivity contribution in [2.45, 2.75) is 23.2 Å². The first kappa shape index (κ1) is 29.4. The number of carbonyl (C=O) groups is 3. The van der Waals surface area contributed by atoms with E-state index in [0.29, 0.717) is 32.1 Å². The van der Waals surface area contributed by atoms with Gasteiger partial charge in [-0.15, -0.1) is 16.9 Å². The number of phenolic OH excluding ortho intramolecular Hbond substituents is 2. The molecule has 1 saturated heterocycles. The summed E-state index contributed by atoms with van der Waals surface area (Å²) in [6.45, 7) is -0.0672. The number of tetrazole rings is 1. The normalized spacial score (nSPS) is 18.4. The number of phenols is 2. The number of aromatic nitrogens is 4. The van der Waals surface area contributed by atoms with E-state index in [1.54, 1.807) is 19.2 Å². The third kappa shape index (κ3) is 6.07. The lowest BCUT2D eigenvalue weighted by molar-refractivity contribution is -0.150. The van der Waals surface area contributed by atoms with Gasteiger partial charge in [0.2, 0.25) is 5.16 Å². The number of amides is 2. The summed E-state index contributed by atoms with van der Waals surface area (Å²) in [5.41, 5.74) is 1.16. The first-order valence-electron chi connectivity index (χ1n) is 12.2. The standard InChI is InChI=1S/C25H22BrN7O7S2/c1-32-25(28-30-31-32)42-11-14-10-41-23-19(22(37)33(23)20(14)24(38)39)27-21(36)18(13-3-5-15(34)6-4-13)29-40-9-12-2-7-16(26)17(35)8-12/h2-8,19,23,34-35H,9-11H2,1H3,(H,27,36)(H,38,39)/t19?,23-/m0/s1. The minimum atomic E-state index is -1.25. The minimum absolute atomic E-state index is 0.0109. The first-order valence-corrected chi connectivity index (χ1v) is 15.0. The highest BCUT2D eigenvalue weighted by atomic mass is 79.9. The molecule has 0 saturated carbocycles. The van der Waals surface area contributed by atoms with Crippen LogP contribution >= 0.6 is 39.5 Å². The van der Waals surface area contributed by atoms with E-state index in [2.05, 4.69) is 41.9 Å². The van der Waals surface area contributed by atoms with Crippen molar-refractivity contribution in [1.29, 1.82) is 0 Å². The molecule has 0 aliphatic carbocycles. The smallest absolute Gasteiger partial charge is 0.352 e. The fourth-order valence-corrected chi connectivity index (χ4v) is 6.74. The molecule has 4 N–H and O–H groups in total. The number of aryl methyl sites for hydroxylation is 1. The Morgan fingerprint density at radius 1 is 1.24 bits per heavy atom. The molecule has 2 atom stereocenters. The van der Waals surface area contributed by atoms with Crippen molar-refractivity contribution in [3.63, 3.8) is 0 Å². The number of benzene rings is 2. The predicted molar refractivity (Wildman–Crippen MR) is 154 cm³/mol. The van der Waals surface area contributed by atoms with Gasteiger partial charge in [0.1, 0.15) is 35.2 Å². The summed E-state index contributed by atoms with van der Waals surface area (Å²) >= 11 is 5.79. The van der Waals surface area contributed by atoms with Gasteiger partial charge in [0.25, 0.3) is 11.8 Å². The molecule has 5 rings (SSSR count). The Morgan fingerprint density at radius 3 is 2.67 bits per heavy atom. The number of β-lactam (4-membered cyclic amide) rings is 1. The van der Waals surface area contributed by atoms with Gasteiger partial charge in [0, 0.05) is 24.1 Å². The maximum absolute atomic E-state index is 13.4. The molecular weight excluding hydrogens is 654 g/mol. The zero-order valence-corrected chi connectivity index (χ0v) is 24.9. The number of nitrogens with one attached hydrogen (secondary N) is 1. The molecule has 1 unspecified atom stereocenters. The second-order valence-corrected chi connectivity index (χ2v) is 11.9. The van der Waals surface area contributed by atoms with E-state index in [0.717, 1.165) is 0 Å². The highest BCUT2D eigenvalue weighted by Crippen LogP contribution is 2.41. The monoisotopic (exact) mass is 675 g/mol. The quantitative estimate of drug-likeness (QED) is 0.106. The summed E-state index contributed by atoms with van der Waals surface area (Å²) in [4.78, 5) is 45.3. The van der Waals surface area contributed by atoms with E-state index in [-0.39, 0.29) is 35.3 Å². The van der Waals surface area contributed by atoms with Crippen LogP contribution in [0.4, 0.5) is 0 Å². The molecule has 17 heteroatoms. The molecule has 218 valence electrons. The second-order valence-electron chi connectivity index (χ2n) is 9.04. The Balaban J connectivity index is 1.31. The fourth-order valence-electron chi connectivity index (χ4n) is 4.16. The highest BCUT2D eigenvalue weighted by molar-refractivity contribution is 9.10. The molecule has 1 fully saturated rings. The average Bonchev–Trinajstić information content (AvgIpc) is 3.38. The second kappa shape index (κ2) is 12.4. The number of hydrogen-bond donors (Lipinski definition) is 4. The van der Waals surface area contributed by atoms with Gasteiger partial charge < -0.3 is 25.5 Å². The molecule has 0 radical (unpaired) electrons. The van der Waals surface area contributed by atoms with E-state index in [9.17, 15) is 29.7 Å². The van der Waals surface area contributed by atoms with Crippen LogP contribution in [0.1, 0.15) is 11.1 Å². The van der Waals surface area contributed by atoms with Gasteiger partial charge in [-0.3, -0.25) is 14.5 Å². The molecule has 2 aliphatic rings. The van der Waals surface area contributed by atoms with Crippen molar-refractivity contribution in [2.75, 3.05) is 11.5 Å². The van der Waals surface area contributed by atoms with E-state index < -0.39 is 29.2 Å². The molecule has 14 nitrogen and oxygen atoms in total. The predicted octanol–water partition coefficient (Wildman–Crippen LogP) is 1.84. The van der Waals surface area contributed by atoms with Crippen LogP contribution in [0, 0.1) is 0 Å². The Kier molecular flexibility index (Phi) is 8.69.